The van der Waals surface area contributed by atoms with E-state index in [-0.39, 0.29) is 11.9 Å². The molecule has 82 valence electrons. The van der Waals surface area contributed by atoms with E-state index in [0.29, 0.717) is 0 Å². The van der Waals surface area contributed by atoms with Gasteiger partial charge in [-0.3, -0.25) is 9.78 Å². The quantitative estimate of drug-likeness (QED) is 0.756. The maximum atomic E-state index is 11.6. The van der Waals surface area contributed by atoms with Crippen molar-refractivity contribution in [2.24, 2.45) is 5.10 Å². The van der Waals surface area contributed by atoms with Crippen molar-refractivity contribution in [1.29, 1.82) is 0 Å². The second kappa shape index (κ2) is 3.79. The van der Waals surface area contributed by atoms with Crippen LogP contribution in [0.1, 0.15) is 5.56 Å². The topological polar surface area (TPSA) is 57.6 Å². The van der Waals surface area contributed by atoms with E-state index < -0.39 is 0 Å². The Kier molecular flexibility index (Phi) is 2.28. The monoisotopic (exact) mass is 234 g/mol. The summed E-state index contributed by atoms with van der Waals surface area (Å²) in [6, 6.07) is 3.72. The van der Waals surface area contributed by atoms with E-state index in [9.17, 15) is 4.79 Å². The van der Waals surface area contributed by atoms with E-state index in [1.807, 2.05) is 17.0 Å². The molecule has 3 rings (SSSR count). The number of pyridine rings is 1. The highest BCUT2D eigenvalue weighted by molar-refractivity contribution is 7.99. The number of rotatable bonds is 1. The Hall–Kier alpha value is -1.56. The fraction of sp³-hybridized carbons (Fsp3) is 0.300. The van der Waals surface area contributed by atoms with Crippen LogP contribution in [-0.4, -0.2) is 39.3 Å². The number of carbonyl (C=O) groups is 1. The summed E-state index contributed by atoms with van der Waals surface area (Å²) < 4.78 is 0. The van der Waals surface area contributed by atoms with Crippen LogP contribution in [0.5, 0.6) is 0 Å². The summed E-state index contributed by atoms with van der Waals surface area (Å²) in [6.07, 6.45) is 3.46. The van der Waals surface area contributed by atoms with Gasteiger partial charge in [0.05, 0.1) is 5.88 Å². The molecule has 0 radical (unpaired) electrons. The maximum absolute atomic E-state index is 11.6. The van der Waals surface area contributed by atoms with Crippen molar-refractivity contribution in [1.82, 2.24) is 15.3 Å². The highest BCUT2D eigenvalue weighted by Crippen LogP contribution is 2.25. The van der Waals surface area contributed by atoms with Crippen molar-refractivity contribution >= 4 is 23.5 Å². The number of hydrogen-bond donors (Lipinski definition) is 1. The van der Waals surface area contributed by atoms with Crippen molar-refractivity contribution in [3.63, 3.8) is 0 Å². The molecule has 1 unspecified atom stereocenters. The fourth-order valence-corrected chi connectivity index (χ4v) is 3.01. The largest absolute Gasteiger partial charge is 0.332 e. The summed E-state index contributed by atoms with van der Waals surface area (Å²) in [4.78, 5) is 17.6. The summed E-state index contributed by atoms with van der Waals surface area (Å²) in [6.45, 7) is 0. The molecule has 16 heavy (non-hydrogen) atoms. The van der Waals surface area contributed by atoms with E-state index in [1.54, 1.807) is 24.2 Å². The van der Waals surface area contributed by atoms with Crippen LogP contribution in [0.25, 0.3) is 0 Å². The van der Waals surface area contributed by atoms with Crippen LogP contribution in [0.3, 0.4) is 0 Å². The molecule has 0 bridgehead atoms. The molecule has 1 atom stereocenters. The van der Waals surface area contributed by atoms with Gasteiger partial charge in [-0.25, -0.2) is 5.43 Å². The number of nitrogens with one attached hydrogen (secondary N) is 1. The van der Waals surface area contributed by atoms with E-state index in [1.165, 1.54) is 0 Å². The zero-order valence-electron chi connectivity index (χ0n) is 8.46. The van der Waals surface area contributed by atoms with Crippen molar-refractivity contribution in [2.45, 2.75) is 6.04 Å². The van der Waals surface area contributed by atoms with Crippen molar-refractivity contribution < 1.29 is 4.79 Å². The van der Waals surface area contributed by atoms with Crippen LogP contribution in [0, 0.1) is 0 Å². The summed E-state index contributed by atoms with van der Waals surface area (Å²) in [5, 5.41) is 4.13. The van der Waals surface area contributed by atoms with Crippen molar-refractivity contribution in [2.75, 3.05) is 11.6 Å². The standard InChI is InChI=1S/C10H10N4OS/c15-10-8-5-16-6-14(8)9(12-13-10)7-1-3-11-4-2-7/h1-4,8H,5-6H2,(H,13,15). The maximum Gasteiger partial charge on any atom is 0.263 e. The van der Waals surface area contributed by atoms with Gasteiger partial charge in [0, 0.05) is 23.7 Å². The smallest absolute Gasteiger partial charge is 0.263 e. The number of thioether (sulfide) groups is 1. The Morgan fingerprint density at radius 2 is 2.25 bits per heavy atom. The Bertz CT molecular complexity index is 447. The molecular weight excluding hydrogens is 224 g/mol. The molecule has 2 aliphatic rings. The second-order valence-electron chi connectivity index (χ2n) is 3.63. The molecule has 5 nitrogen and oxygen atoms in total. The van der Waals surface area contributed by atoms with Crippen LogP contribution in [0.2, 0.25) is 0 Å². The Morgan fingerprint density at radius 3 is 3.06 bits per heavy atom. The average Bonchev–Trinajstić information content (AvgIpc) is 2.81. The summed E-state index contributed by atoms with van der Waals surface area (Å²) in [5.74, 6) is 2.47. The number of carbonyl (C=O) groups excluding carboxylic acids is 1. The highest BCUT2D eigenvalue weighted by atomic mass is 32.2. The van der Waals surface area contributed by atoms with Gasteiger partial charge in [-0.1, -0.05) is 0 Å². The van der Waals surface area contributed by atoms with Crippen LogP contribution in [0.4, 0.5) is 0 Å². The van der Waals surface area contributed by atoms with Crippen LogP contribution in [0.15, 0.2) is 29.6 Å². The zero-order chi connectivity index (χ0) is 11.0. The van der Waals surface area contributed by atoms with Crippen LogP contribution in [-0.2, 0) is 4.79 Å². The third kappa shape index (κ3) is 1.46. The third-order valence-corrected chi connectivity index (χ3v) is 3.68. The lowest BCUT2D eigenvalue weighted by atomic mass is 10.2. The number of hydrazone groups is 1. The van der Waals surface area contributed by atoms with Gasteiger partial charge in [-0.15, -0.1) is 11.8 Å². The highest BCUT2D eigenvalue weighted by Gasteiger charge is 2.36. The number of amidine groups is 1. The predicted octanol–water partition coefficient (Wildman–Crippen LogP) is 0.248. The number of fused-ring (bicyclic) bond motifs is 1. The first-order chi connectivity index (χ1) is 7.86. The first kappa shape index (κ1) is 9.65. The lowest BCUT2D eigenvalue weighted by molar-refractivity contribution is -0.124. The molecule has 1 fully saturated rings. The molecule has 0 aromatic carbocycles. The van der Waals surface area contributed by atoms with Gasteiger partial charge in [0.1, 0.15) is 6.04 Å². The fourth-order valence-electron chi connectivity index (χ4n) is 1.85. The van der Waals surface area contributed by atoms with Crippen molar-refractivity contribution in [3.05, 3.63) is 30.1 Å². The van der Waals surface area contributed by atoms with Crippen LogP contribution >= 0.6 is 11.8 Å². The second-order valence-corrected chi connectivity index (χ2v) is 4.63. The average molecular weight is 234 g/mol. The van der Waals surface area contributed by atoms with E-state index in [2.05, 4.69) is 15.5 Å². The summed E-state index contributed by atoms with van der Waals surface area (Å²) in [7, 11) is 0. The Balaban J connectivity index is 1.99. The summed E-state index contributed by atoms with van der Waals surface area (Å²) >= 11 is 1.75. The van der Waals surface area contributed by atoms with Gasteiger partial charge in [-0.2, -0.15) is 5.10 Å². The van der Waals surface area contributed by atoms with E-state index in [0.717, 1.165) is 23.0 Å². The molecule has 2 aliphatic heterocycles. The zero-order valence-corrected chi connectivity index (χ0v) is 9.28. The van der Waals surface area contributed by atoms with Gasteiger partial charge in [0.25, 0.3) is 5.91 Å². The predicted molar refractivity (Wildman–Crippen MR) is 61.9 cm³/mol. The molecule has 6 heteroatoms. The lowest BCUT2D eigenvalue weighted by Crippen LogP contribution is -2.51. The first-order valence-electron chi connectivity index (χ1n) is 4.98. The van der Waals surface area contributed by atoms with Crippen molar-refractivity contribution in [3.8, 4) is 0 Å². The molecule has 1 aromatic rings. The van der Waals surface area contributed by atoms with Gasteiger partial charge in [-0.05, 0) is 12.1 Å². The number of nitrogens with zero attached hydrogens (tertiary/aromatic N) is 3. The van der Waals surface area contributed by atoms with E-state index >= 15 is 0 Å². The molecule has 0 saturated carbocycles. The minimum atomic E-state index is -0.0781. The van der Waals surface area contributed by atoms with Gasteiger partial charge < -0.3 is 4.90 Å². The van der Waals surface area contributed by atoms with Gasteiger partial charge >= 0.3 is 0 Å². The molecule has 1 aromatic heterocycles. The number of aromatic nitrogens is 1. The van der Waals surface area contributed by atoms with Gasteiger partial charge in [0.15, 0.2) is 5.84 Å². The molecular formula is C10H10N4OS. The molecule has 3 heterocycles. The minimum Gasteiger partial charge on any atom is -0.332 e. The van der Waals surface area contributed by atoms with E-state index in [4.69, 9.17) is 0 Å². The van der Waals surface area contributed by atoms with Crippen LogP contribution < -0.4 is 5.43 Å². The molecule has 0 spiro atoms. The lowest BCUT2D eigenvalue weighted by Gasteiger charge is -2.29. The molecule has 0 aliphatic carbocycles. The molecule has 1 amide bonds. The molecule has 1 saturated heterocycles. The number of hydrogen-bond acceptors (Lipinski definition) is 5. The minimum absolute atomic E-state index is 0.0113. The number of amides is 1. The van der Waals surface area contributed by atoms with Gasteiger partial charge in [0.2, 0.25) is 0 Å². The Labute approximate surface area is 96.9 Å². The first-order valence-corrected chi connectivity index (χ1v) is 6.14. The normalized spacial score (nSPS) is 23.8. The Morgan fingerprint density at radius 1 is 1.44 bits per heavy atom. The SMILES string of the molecule is O=C1NN=C(c2ccncc2)N2CSCC12. The molecule has 1 N–H and O–H groups in total. The summed E-state index contributed by atoms with van der Waals surface area (Å²) in [5.41, 5.74) is 3.56. The third-order valence-electron chi connectivity index (χ3n) is 2.67.